The van der Waals surface area contributed by atoms with Crippen LogP contribution in [-0.4, -0.2) is 72.9 Å². The van der Waals surface area contributed by atoms with E-state index in [9.17, 15) is 14.0 Å². The highest BCUT2D eigenvalue weighted by atomic mass is 32.1. The van der Waals surface area contributed by atoms with E-state index in [-0.39, 0.29) is 22.3 Å². The molecule has 0 saturated carbocycles. The molecule has 2 aromatic rings. The lowest BCUT2D eigenvalue weighted by Crippen LogP contribution is -2.45. The number of nitrogens with zero attached hydrogens (tertiary/aromatic N) is 3. The Morgan fingerprint density at radius 1 is 1.18 bits per heavy atom. The number of aromatic nitrogens is 1. The Hall–Kier alpha value is -2.36. The molecule has 2 heterocycles. The summed E-state index contributed by atoms with van der Waals surface area (Å²) in [5, 5.41) is 7.21. The van der Waals surface area contributed by atoms with Crippen LogP contribution in [0, 0.1) is 5.82 Å². The lowest BCUT2D eigenvalue weighted by molar-refractivity contribution is 0.0943. The van der Waals surface area contributed by atoms with Crippen molar-refractivity contribution in [2.75, 3.05) is 51.6 Å². The summed E-state index contributed by atoms with van der Waals surface area (Å²) < 4.78 is 13.7. The number of hydrogen-bond acceptors (Lipinski definition) is 6. The molecular weight excluding hydrogens is 381 g/mol. The fourth-order valence-electron chi connectivity index (χ4n) is 2.91. The second kappa shape index (κ2) is 9.72. The summed E-state index contributed by atoms with van der Waals surface area (Å²) in [4.78, 5) is 33.1. The Kier molecular flexibility index (Phi) is 7.07. The molecule has 0 bridgehead atoms. The standard InChI is InChI=1S/C19H24FN5O2S/c1-24-9-11-25(12-10-24)8-4-7-21-18(27)16-13-28-19(22-16)23-17(26)14-5-2-3-6-15(14)20/h2-3,5-6,13H,4,7-12H2,1H3,(H,21,27)(H,22,23,26). The molecule has 0 atom stereocenters. The highest BCUT2D eigenvalue weighted by Crippen LogP contribution is 2.17. The van der Waals surface area contributed by atoms with Crippen LogP contribution in [0.2, 0.25) is 0 Å². The molecule has 1 fully saturated rings. The van der Waals surface area contributed by atoms with E-state index in [0.29, 0.717) is 6.54 Å². The Labute approximate surface area is 167 Å². The predicted octanol–water partition coefficient (Wildman–Crippen LogP) is 1.90. The number of hydrogen-bond donors (Lipinski definition) is 2. The van der Waals surface area contributed by atoms with Crippen LogP contribution in [0.25, 0.3) is 0 Å². The number of halogens is 1. The van der Waals surface area contributed by atoms with Crippen molar-refractivity contribution in [3.63, 3.8) is 0 Å². The number of nitrogens with one attached hydrogen (secondary N) is 2. The number of carbonyl (C=O) groups is 2. The minimum absolute atomic E-state index is 0.0624. The van der Waals surface area contributed by atoms with Gasteiger partial charge in [0.2, 0.25) is 0 Å². The molecule has 1 aliphatic rings. The van der Waals surface area contributed by atoms with Crippen molar-refractivity contribution in [1.29, 1.82) is 0 Å². The fourth-order valence-corrected chi connectivity index (χ4v) is 3.60. The molecule has 0 aliphatic carbocycles. The summed E-state index contributed by atoms with van der Waals surface area (Å²) in [6.45, 7) is 5.79. The summed E-state index contributed by atoms with van der Waals surface area (Å²) in [5.41, 5.74) is 0.182. The third-order valence-electron chi connectivity index (χ3n) is 4.61. The second-order valence-corrected chi connectivity index (χ2v) is 7.58. The maximum Gasteiger partial charge on any atom is 0.270 e. The van der Waals surface area contributed by atoms with Gasteiger partial charge in [0.1, 0.15) is 11.5 Å². The summed E-state index contributed by atoms with van der Waals surface area (Å²) >= 11 is 1.13. The Balaban J connectivity index is 1.42. The third-order valence-corrected chi connectivity index (χ3v) is 5.37. The lowest BCUT2D eigenvalue weighted by atomic mass is 10.2. The number of thiazole rings is 1. The topological polar surface area (TPSA) is 77.6 Å². The summed E-state index contributed by atoms with van der Waals surface area (Å²) in [6, 6.07) is 5.71. The third kappa shape index (κ3) is 5.57. The molecule has 0 spiro atoms. The number of likely N-dealkylation sites (N-methyl/N-ethyl adjacent to an activating group) is 1. The second-order valence-electron chi connectivity index (χ2n) is 6.73. The minimum atomic E-state index is -0.602. The van der Waals surface area contributed by atoms with Gasteiger partial charge in [-0.3, -0.25) is 14.9 Å². The van der Waals surface area contributed by atoms with Crippen molar-refractivity contribution < 1.29 is 14.0 Å². The molecule has 3 rings (SSSR count). The van der Waals surface area contributed by atoms with Crippen molar-refractivity contribution in [3.05, 3.63) is 46.7 Å². The van der Waals surface area contributed by atoms with Gasteiger partial charge in [-0.2, -0.15) is 0 Å². The minimum Gasteiger partial charge on any atom is -0.351 e. The van der Waals surface area contributed by atoms with Crippen LogP contribution in [0.1, 0.15) is 27.3 Å². The first-order chi connectivity index (χ1) is 13.5. The molecule has 1 saturated heterocycles. The zero-order chi connectivity index (χ0) is 19.9. The quantitative estimate of drug-likeness (QED) is 0.688. The van der Waals surface area contributed by atoms with Crippen LogP contribution in [-0.2, 0) is 0 Å². The van der Waals surface area contributed by atoms with E-state index in [4.69, 9.17) is 0 Å². The molecule has 0 unspecified atom stereocenters. The zero-order valence-corrected chi connectivity index (χ0v) is 16.6. The SMILES string of the molecule is CN1CCN(CCCNC(=O)c2csc(NC(=O)c3ccccc3F)n2)CC1. The van der Waals surface area contributed by atoms with Crippen molar-refractivity contribution in [2.24, 2.45) is 0 Å². The normalized spacial score (nSPS) is 15.4. The van der Waals surface area contributed by atoms with Gasteiger partial charge in [0.25, 0.3) is 11.8 Å². The van der Waals surface area contributed by atoms with Crippen molar-refractivity contribution in [3.8, 4) is 0 Å². The van der Waals surface area contributed by atoms with E-state index in [2.05, 4.69) is 32.5 Å². The van der Waals surface area contributed by atoms with Crippen LogP contribution in [0.3, 0.4) is 0 Å². The molecule has 28 heavy (non-hydrogen) atoms. The van der Waals surface area contributed by atoms with Crippen LogP contribution < -0.4 is 10.6 Å². The first-order valence-electron chi connectivity index (χ1n) is 9.23. The lowest BCUT2D eigenvalue weighted by Gasteiger charge is -2.32. The molecule has 1 aliphatic heterocycles. The highest BCUT2D eigenvalue weighted by molar-refractivity contribution is 7.14. The van der Waals surface area contributed by atoms with Crippen molar-refractivity contribution in [1.82, 2.24) is 20.1 Å². The van der Waals surface area contributed by atoms with Gasteiger partial charge in [-0.1, -0.05) is 12.1 Å². The van der Waals surface area contributed by atoms with Crippen LogP contribution in [0.15, 0.2) is 29.6 Å². The predicted molar refractivity (Wildman–Crippen MR) is 107 cm³/mol. The maximum atomic E-state index is 13.7. The molecule has 150 valence electrons. The summed E-state index contributed by atoms with van der Waals surface area (Å²) in [7, 11) is 2.12. The number of amides is 2. The first kappa shape index (κ1) is 20.4. The van der Waals surface area contributed by atoms with Gasteiger partial charge in [-0.25, -0.2) is 9.37 Å². The smallest absolute Gasteiger partial charge is 0.270 e. The van der Waals surface area contributed by atoms with Gasteiger partial charge in [-0.05, 0) is 32.1 Å². The van der Waals surface area contributed by atoms with Crippen LogP contribution >= 0.6 is 11.3 Å². The van der Waals surface area contributed by atoms with E-state index >= 15 is 0 Å². The molecule has 1 aromatic heterocycles. The number of carbonyl (C=O) groups excluding carboxylic acids is 2. The van der Waals surface area contributed by atoms with Gasteiger partial charge < -0.3 is 15.1 Å². The molecule has 1 aromatic carbocycles. The van der Waals surface area contributed by atoms with Gasteiger partial charge in [0.15, 0.2) is 5.13 Å². The van der Waals surface area contributed by atoms with Gasteiger partial charge in [0, 0.05) is 38.1 Å². The maximum absolute atomic E-state index is 13.7. The van der Waals surface area contributed by atoms with Gasteiger partial charge >= 0.3 is 0 Å². The number of benzene rings is 1. The monoisotopic (exact) mass is 405 g/mol. The molecule has 9 heteroatoms. The van der Waals surface area contributed by atoms with E-state index < -0.39 is 11.7 Å². The molecule has 7 nitrogen and oxygen atoms in total. The molecule has 2 N–H and O–H groups in total. The van der Waals surface area contributed by atoms with E-state index in [0.717, 1.165) is 50.5 Å². The number of anilines is 1. The van der Waals surface area contributed by atoms with E-state index in [1.165, 1.54) is 18.2 Å². The highest BCUT2D eigenvalue weighted by Gasteiger charge is 2.16. The Morgan fingerprint density at radius 2 is 1.93 bits per heavy atom. The zero-order valence-electron chi connectivity index (χ0n) is 15.8. The first-order valence-corrected chi connectivity index (χ1v) is 10.1. The molecule has 2 amide bonds. The van der Waals surface area contributed by atoms with Crippen molar-refractivity contribution >= 4 is 28.3 Å². The number of piperazine rings is 1. The average Bonchev–Trinajstić information content (AvgIpc) is 3.15. The largest absolute Gasteiger partial charge is 0.351 e. The van der Waals surface area contributed by atoms with Crippen LogP contribution in [0.5, 0.6) is 0 Å². The van der Waals surface area contributed by atoms with E-state index in [1.807, 2.05) is 0 Å². The van der Waals surface area contributed by atoms with Crippen molar-refractivity contribution in [2.45, 2.75) is 6.42 Å². The average molecular weight is 405 g/mol. The fraction of sp³-hybridized carbons (Fsp3) is 0.421. The molecule has 0 radical (unpaired) electrons. The Morgan fingerprint density at radius 3 is 2.68 bits per heavy atom. The van der Waals surface area contributed by atoms with Crippen LogP contribution in [0.4, 0.5) is 9.52 Å². The molecular formula is C19H24FN5O2S. The van der Waals surface area contributed by atoms with E-state index in [1.54, 1.807) is 11.4 Å². The van der Waals surface area contributed by atoms with Gasteiger partial charge in [0.05, 0.1) is 5.56 Å². The summed E-state index contributed by atoms with van der Waals surface area (Å²) in [5.74, 6) is -1.47. The Bertz CT molecular complexity index is 820. The van der Waals surface area contributed by atoms with Gasteiger partial charge in [-0.15, -0.1) is 11.3 Å². The number of rotatable bonds is 7. The summed E-state index contributed by atoms with van der Waals surface area (Å²) in [6.07, 6.45) is 0.871.